The number of halogens is 1. The van der Waals surface area contributed by atoms with Crippen molar-refractivity contribution in [1.29, 1.82) is 0 Å². The van der Waals surface area contributed by atoms with E-state index in [0.29, 0.717) is 10.9 Å². The molecule has 0 aliphatic heterocycles. The van der Waals surface area contributed by atoms with Gasteiger partial charge in [0.2, 0.25) is 5.88 Å². The summed E-state index contributed by atoms with van der Waals surface area (Å²) in [5.41, 5.74) is 7.19. The van der Waals surface area contributed by atoms with Crippen LogP contribution in [0.5, 0.6) is 5.88 Å². The predicted molar refractivity (Wildman–Crippen MR) is 96.8 cm³/mol. The topological polar surface area (TPSA) is 80.1 Å². The van der Waals surface area contributed by atoms with Gasteiger partial charge in [-0.25, -0.2) is 4.79 Å². The third kappa shape index (κ3) is 3.67. The highest BCUT2D eigenvalue weighted by atomic mass is 35.5. The first-order valence-electron chi connectivity index (χ1n) is 7.26. The summed E-state index contributed by atoms with van der Waals surface area (Å²) in [4.78, 5) is 16.1. The molecule has 0 saturated heterocycles. The Morgan fingerprint density at radius 2 is 2.17 bits per heavy atom. The lowest BCUT2D eigenvalue weighted by atomic mass is 10.1. The Kier molecular flexibility index (Phi) is 4.99. The predicted octanol–water partition coefficient (Wildman–Crippen LogP) is 4.15. The summed E-state index contributed by atoms with van der Waals surface area (Å²) in [5, 5.41) is 4.73. The highest BCUT2D eigenvalue weighted by Crippen LogP contribution is 2.41. The molecule has 0 aliphatic rings. The zero-order valence-corrected chi connectivity index (χ0v) is 14.5. The van der Waals surface area contributed by atoms with Crippen molar-refractivity contribution in [2.24, 2.45) is 5.73 Å². The molecular formula is C17H16ClN3O2S. The standard InChI is InChI=1S/C17H16ClN3O2S/c1-20-9-10-5-6-14-13(7-10)15(16(21-14)23-17(19)22)24-12-4-2-3-11(18)8-12/h2-8,20-21H,9H2,1H3,(H2,19,22). The number of carbonyl (C=O) groups is 1. The minimum absolute atomic E-state index is 0.337. The average Bonchev–Trinajstić information content (AvgIpc) is 2.84. The van der Waals surface area contributed by atoms with Crippen LogP contribution in [0.15, 0.2) is 52.3 Å². The van der Waals surface area contributed by atoms with Gasteiger partial charge in [0.15, 0.2) is 0 Å². The van der Waals surface area contributed by atoms with Crippen LogP contribution >= 0.6 is 23.4 Å². The van der Waals surface area contributed by atoms with Gasteiger partial charge in [0.25, 0.3) is 0 Å². The lowest BCUT2D eigenvalue weighted by Gasteiger charge is -2.05. The fourth-order valence-electron chi connectivity index (χ4n) is 2.43. The van der Waals surface area contributed by atoms with Crippen molar-refractivity contribution in [1.82, 2.24) is 10.3 Å². The van der Waals surface area contributed by atoms with Gasteiger partial charge in [0.1, 0.15) is 0 Å². The first kappa shape index (κ1) is 16.7. The second-order valence-corrected chi connectivity index (χ2v) is 6.69. The molecule has 5 nitrogen and oxygen atoms in total. The Morgan fingerprint density at radius 3 is 2.88 bits per heavy atom. The van der Waals surface area contributed by atoms with E-state index in [-0.39, 0.29) is 0 Å². The summed E-state index contributed by atoms with van der Waals surface area (Å²) < 4.78 is 5.15. The minimum Gasteiger partial charge on any atom is -0.392 e. The van der Waals surface area contributed by atoms with Crippen molar-refractivity contribution in [2.75, 3.05) is 7.05 Å². The van der Waals surface area contributed by atoms with Gasteiger partial charge in [-0.05, 0) is 42.9 Å². The Labute approximate surface area is 148 Å². The van der Waals surface area contributed by atoms with E-state index in [9.17, 15) is 4.79 Å². The molecule has 124 valence electrons. The van der Waals surface area contributed by atoms with E-state index in [1.807, 2.05) is 43.4 Å². The normalized spacial score (nSPS) is 10.9. The Bertz CT molecular complexity index is 895. The van der Waals surface area contributed by atoms with Gasteiger partial charge in [-0.1, -0.05) is 35.5 Å². The van der Waals surface area contributed by atoms with Gasteiger partial charge >= 0.3 is 6.09 Å². The fourth-order valence-corrected chi connectivity index (χ4v) is 3.71. The zero-order valence-electron chi connectivity index (χ0n) is 12.9. The largest absolute Gasteiger partial charge is 0.411 e. The second-order valence-electron chi connectivity index (χ2n) is 5.17. The molecule has 1 aromatic heterocycles. The molecule has 0 saturated carbocycles. The molecule has 0 radical (unpaired) electrons. The fraction of sp³-hybridized carbons (Fsp3) is 0.118. The van der Waals surface area contributed by atoms with Crippen LogP contribution in [0.3, 0.4) is 0 Å². The van der Waals surface area contributed by atoms with Crippen molar-refractivity contribution in [3.8, 4) is 5.88 Å². The first-order valence-corrected chi connectivity index (χ1v) is 8.46. The van der Waals surface area contributed by atoms with Crippen LogP contribution in [0.25, 0.3) is 10.9 Å². The Balaban J connectivity index is 2.09. The van der Waals surface area contributed by atoms with Gasteiger partial charge < -0.3 is 20.8 Å². The lowest BCUT2D eigenvalue weighted by Crippen LogP contribution is -2.16. The van der Waals surface area contributed by atoms with E-state index in [4.69, 9.17) is 22.1 Å². The Morgan fingerprint density at radius 1 is 1.33 bits per heavy atom. The van der Waals surface area contributed by atoms with Gasteiger partial charge in [-0.15, -0.1) is 0 Å². The number of aromatic nitrogens is 1. The third-order valence-electron chi connectivity index (χ3n) is 3.38. The van der Waals surface area contributed by atoms with Crippen molar-refractivity contribution in [3.05, 3.63) is 53.1 Å². The second kappa shape index (κ2) is 7.17. The van der Waals surface area contributed by atoms with Crippen LogP contribution in [0.4, 0.5) is 4.79 Å². The number of hydrogen-bond donors (Lipinski definition) is 3. The number of nitrogens with one attached hydrogen (secondary N) is 2. The maximum atomic E-state index is 11.2. The van der Waals surface area contributed by atoms with Crippen LogP contribution in [-0.2, 0) is 6.54 Å². The Hall–Kier alpha value is -2.15. The molecule has 7 heteroatoms. The molecule has 1 amide bonds. The van der Waals surface area contributed by atoms with E-state index in [1.165, 1.54) is 11.8 Å². The zero-order chi connectivity index (χ0) is 17.1. The van der Waals surface area contributed by atoms with Crippen molar-refractivity contribution >= 4 is 40.4 Å². The van der Waals surface area contributed by atoms with Crippen LogP contribution in [0, 0.1) is 0 Å². The summed E-state index contributed by atoms with van der Waals surface area (Å²) in [6, 6.07) is 13.5. The number of H-pyrrole nitrogens is 1. The summed E-state index contributed by atoms with van der Waals surface area (Å²) in [6.45, 7) is 0.744. The molecule has 0 atom stereocenters. The van der Waals surface area contributed by atoms with Gasteiger partial charge in [-0.3, -0.25) is 0 Å². The molecule has 3 rings (SSSR count). The minimum atomic E-state index is -0.857. The van der Waals surface area contributed by atoms with Crippen LogP contribution in [0.1, 0.15) is 5.56 Å². The molecule has 1 heterocycles. The van der Waals surface area contributed by atoms with Crippen molar-refractivity contribution < 1.29 is 9.53 Å². The number of benzene rings is 2. The quantitative estimate of drug-likeness (QED) is 0.637. The van der Waals surface area contributed by atoms with Gasteiger partial charge in [0.05, 0.1) is 4.90 Å². The summed E-state index contributed by atoms with van der Waals surface area (Å²) in [6.07, 6.45) is -0.857. The molecule has 24 heavy (non-hydrogen) atoms. The lowest BCUT2D eigenvalue weighted by molar-refractivity contribution is 0.208. The summed E-state index contributed by atoms with van der Waals surface area (Å²) in [5.74, 6) is 0.337. The van der Waals surface area contributed by atoms with Crippen LogP contribution in [0.2, 0.25) is 5.02 Å². The first-order chi connectivity index (χ1) is 11.6. The number of hydrogen-bond acceptors (Lipinski definition) is 4. The summed E-state index contributed by atoms with van der Waals surface area (Å²) >= 11 is 7.52. The molecule has 3 aromatic rings. The molecule has 4 N–H and O–H groups in total. The number of primary amides is 1. The average molecular weight is 362 g/mol. The molecular weight excluding hydrogens is 346 g/mol. The number of ether oxygens (including phenoxy) is 1. The monoisotopic (exact) mass is 361 g/mol. The van der Waals surface area contributed by atoms with E-state index in [2.05, 4.69) is 16.4 Å². The number of fused-ring (bicyclic) bond motifs is 1. The van der Waals surface area contributed by atoms with Crippen molar-refractivity contribution in [2.45, 2.75) is 16.3 Å². The SMILES string of the molecule is CNCc1ccc2[nH]c(OC(N)=O)c(Sc3cccc(Cl)c3)c2c1. The van der Waals surface area contributed by atoms with Gasteiger partial charge in [0, 0.05) is 27.4 Å². The van der Waals surface area contributed by atoms with Crippen molar-refractivity contribution in [3.63, 3.8) is 0 Å². The van der Waals surface area contributed by atoms with Crippen LogP contribution in [-0.4, -0.2) is 18.1 Å². The maximum Gasteiger partial charge on any atom is 0.411 e. The van der Waals surface area contributed by atoms with E-state index < -0.39 is 6.09 Å². The number of aromatic amines is 1. The molecule has 2 aromatic carbocycles. The maximum absolute atomic E-state index is 11.2. The molecule has 0 spiro atoms. The van der Waals surface area contributed by atoms with E-state index in [0.717, 1.165) is 32.8 Å². The van der Waals surface area contributed by atoms with E-state index >= 15 is 0 Å². The number of carbonyl (C=O) groups excluding carboxylic acids is 1. The summed E-state index contributed by atoms with van der Waals surface area (Å²) in [7, 11) is 1.89. The highest BCUT2D eigenvalue weighted by molar-refractivity contribution is 7.99. The molecule has 0 fully saturated rings. The van der Waals surface area contributed by atoms with Gasteiger partial charge in [-0.2, -0.15) is 0 Å². The number of nitrogens with two attached hydrogens (primary N) is 1. The smallest absolute Gasteiger partial charge is 0.392 e. The highest BCUT2D eigenvalue weighted by Gasteiger charge is 2.17. The number of rotatable bonds is 5. The van der Waals surface area contributed by atoms with E-state index in [1.54, 1.807) is 0 Å². The van der Waals surface area contributed by atoms with Crippen LogP contribution < -0.4 is 15.8 Å². The molecule has 0 unspecified atom stereocenters. The number of amides is 1. The third-order valence-corrected chi connectivity index (χ3v) is 4.72. The molecule has 0 aliphatic carbocycles. The molecule has 0 bridgehead atoms.